The molecule has 3 rings (SSSR count). The lowest BCUT2D eigenvalue weighted by Gasteiger charge is -2.34. The van der Waals surface area contributed by atoms with Crippen LogP contribution in [0.15, 0.2) is 47.1 Å². The Morgan fingerprint density at radius 2 is 2.20 bits per heavy atom. The molecule has 0 radical (unpaired) electrons. The summed E-state index contributed by atoms with van der Waals surface area (Å²) >= 11 is 3.50. The zero-order chi connectivity index (χ0) is 17.8. The van der Waals surface area contributed by atoms with Crippen molar-refractivity contribution in [2.24, 2.45) is 0 Å². The lowest BCUT2D eigenvalue weighted by molar-refractivity contribution is 0.0356. The molecule has 0 amide bonds. The van der Waals surface area contributed by atoms with Gasteiger partial charge in [0.25, 0.3) is 0 Å². The molecule has 0 spiro atoms. The fourth-order valence-corrected chi connectivity index (χ4v) is 3.25. The Bertz CT molecular complexity index is 751. The predicted molar refractivity (Wildman–Crippen MR) is 99.8 cm³/mol. The fourth-order valence-electron chi connectivity index (χ4n) is 2.84. The predicted octanol–water partition coefficient (Wildman–Crippen LogP) is 3.99. The van der Waals surface area contributed by atoms with Gasteiger partial charge in [-0.15, -0.1) is 0 Å². The second-order valence-electron chi connectivity index (χ2n) is 6.19. The number of pyridine rings is 1. The van der Waals surface area contributed by atoms with E-state index in [0.29, 0.717) is 31.1 Å². The van der Waals surface area contributed by atoms with E-state index in [1.54, 1.807) is 18.3 Å². The van der Waals surface area contributed by atoms with Crippen molar-refractivity contribution in [3.05, 3.63) is 58.2 Å². The van der Waals surface area contributed by atoms with Gasteiger partial charge in [-0.1, -0.05) is 28.1 Å². The molecule has 25 heavy (non-hydrogen) atoms. The van der Waals surface area contributed by atoms with E-state index < -0.39 is 0 Å². The third-order valence-corrected chi connectivity index (χ3v) is 4.43. The number of carbonyl (C=O) groups is 1. The molecule has 1 aromatic heterocycles. The van der Waals surface area contributed by atoms with Crippen molar-refractivity contribution in [1.82, 2.24) is 4.98 Å². The number of hydrogen-bond acceptors (Lipinski definition) is 5. The Morgan fingerprint density at radius 3 is 2.96 bits per heavy atom. The van der Waals surface area contributed by atoms with Crippen molar-refractivity contribution in [2.75, 3.05) is 24.6 Å². The molecular formula is C19H21BrN2O3. The molecule has 1 atom stereocenters. The SMILES string of the molecule is CC(C)OC(=O)c1cccnc1N1CCOC(c2cccc(Br)c2)C1. The van der Waals surface area contributed by atoms with E-state index in [9.17, 15) is 4.79 Å². The highest BCUT2D eigenvalue weighted by molar-refractivity contribution is 9.10. The third kappa shape index (κ3) is 4.38. The number of halogens is 1. The highest BCUT2D eigenvalue weighted by Gasteiger charge is 2.26. The second kappa shape index (κ2) is 7.97. The molecule has 0 aliphatic carbocycles. The van der Waals surface area contributed by atoms with Crippen LogP contribution in [0.25, 0.3) is 0 Å². The molecule has 1 aromatic carbocycles. The van der Waals surface area contributed by atoms with Crippen molar-refractivity contribution in [3.8, 4) is 0 Å². The van der Waals surface area contributed by atoms with Crippen LogP contribution >= 0.6 is 15.9 Å². The number of anilines is 1. The van der Waals surface area contributed by atoms with Crippen LogP contribution in [-0.4, -0.2) is 36.8 Å². The molecular weight excluding hydrogens is 384 g/mol. The maximum atomic E-state index is 12.4. The van der Waals surface area contributed by atoms with Gasteiger partial charge in [-0.25, -0.2) is 9.78 Å². The molecule has 0 N–H and O–H groups in total. The van der Waals surface area contributed by atoms with Gasteiger partial charge in [0.05, 0.1) is 12.7 Å². The van der Waals surface area contributed by atoms with Crippen LogP contribution in [0.2, 0.25) is 0 Å². The normalized spacial score (nSPS) is 17.6. The number of esters is 1. The molecule has 2 aromatic rings. The summed E-state index contributed by atoms with van der Waals surface area (Å²) in [7, 11) is 0. The molecule has 1 saturated heterocycles. The van der Waals surface area contributed by atoms with Gasteiger partial charge in [-0.3, -0.25) is 0 Å². The third-order valence-electron chi connectivity index (χ3n) is 3.94. The van der Waals surface area contributed by atoms with Crippen LogP contribution < -0.4 is 4.90 Å². The summed E-state index contributed by atoms with van der Waals surface area (Å²) in [6, 6.07) is 11.6. The average Bonchev–Trinajstić information content (AvgIpc) is 2.61. The van der Waals surface area contributed by atoms with E-state index in [2.05, 4.69) is 31.9 Å². The zero-order valence-electron chi connectivity index (χ0n) is 14.3. The Balaban J connectivity index is 1.83. The number of nitrogens with zero attached hydrogens (tertiary/aromatic N) is 2. The molecule has 2 heterocycles. The average molecular weight is 405 g/mol. The molecule has 1 fully saturated rings. The summed E-state index contributed by atoms with van der Waals surface area (Å²) in [5, 5.41) is 0. The minimum atomic E-state index is -0.344. The van der Waals surface area contributed by atoms with Gasteiger partial charge in [-0.05, 0) is 43.7 Å². The standard InChI is InChI=1S/C19H21BrN2O3/c1-13(2)25-19(23)16-7-4-8-21-18(16)22-9-10-24-17(12-22)14-5-3-6-15(20)11-14/h3-8,11,13,17H,9-10,12H2,1-2H3. The number of hydrogen-bond donors (Lipinski definition) is 0. The van der Waals surface area contributed by atoms with Crippen LogP contribution in [0.1, 0.15) is 35.9 Å². The van der Waals surface area contributed by atoms with Gasteiger partial charge in [0.1, 0.15) is 17.5 Å². The maximum absolute atomic E-state index is 12.4. The Labute approximate surface area is 156 Å². The Hall–Kier alpha value is -1.92. The van der Waals surface area contributed by atoms with Crippen LogP contribution in [-0.2, 0) is 9.47 Å². The molecule has 1 aliphatic rings. The molecule has 0 saturated carbocycles. The van der Waals surface area contributed by atoms with E-state index in [0.717, 1.165) is 10.0 Å². The maximum Gasteiger partial charge on any atom is 0.342 e. The first-order valence-corrected chi connectivity index (χ1v) is 9.12. The minimum Gasteiger partial charge on any atom is -0.459 e. The van der Waals surface area contributed by atoms with Crippen LogP contribution in [0.4, 0.5) is 5.82 Å². The molecule has 132 valence electrons. The number of morpholine rings is 1. The van der Waals surface area contributed by atoms with Crippen molar-refractivity contribution in [3.63, 3.8) is 0 Å². The number of aromatic nitrogens is 1. The van der Waals surface area contributed by atoms with Crippen molar-refractivity contribution >= 4 is 27.7 Å². The fraction of sp³-hybridized carbons (Fsp3) is 0.368. The first kappa shape index (κ1) is 17.9. The number of benzene rings is 1. The van der Waals surface area contributed by atoms with Gasteiger partial charge < -0.3 is 14.4 Å². The van der Waals surface area contributed by atoms with Gasteiger partial charge in [0.15, 0.2) is 0 Å². The quantitative estimate of drug-likeness (QED) is 0.721. The molecule has 1 unspecified atom stereocenters. The zero-order valence-corrected chi connectivity index (χ0v) is 15.9. The number of ether oxygens (including phenoxy) is 2. The summed E-state index contributed by atoms with van der Waals surface area (Å²) in [4.78, 5) is 18.9. The van der Waals surface area contributed by atoms with E-state index in [-0.39, 0.29) is 18.2 Å². The highest BCUT2D eigenvalue weighted by Crippen LogP contribution is 2.28. The highest BCUT2D eigenvalue weighted by atomic mass is 79.9. The monoisotopic (exact) mass is 404 g/mol. The lowest BCUT2D eigenvalue weighted by atomic mass is 10.1. The van der Waals surface area contributed by atoms with E-state index >= 15 is 0 Å². The lowest BCUT2D eigenvalue weighted by Crippen LogP contribution is -2.39. The van der Waals surface area contributed by atoms with Gasteiger partial charge in [0.2, 0.25) is 0 Å². The van der Waals surface area contributed by atoms with E-state index in [1.165, 1.54) is 0 Å². The molecule has 0 bridgehead atoms. The number of rotatable bonds is 4. The largest absolute Gasteiger partial charge is 0.459 e. The van der Waals surface area contributed by atoms with Crippen molar-refractivity contribution < 1.29 is 14.3 Å². The summed E-state index contributed by atoms with van der Waals surface area (Å²) in [6.07, 6.45) is 1.47. The van der Waals surface area contributed by atoms with Crippen LogP contribution in [0.5, 0.6) is 0 Å². The van der Waals surface area contributed by atoms with Gasteiger partial charge in [0, 0.05) is 23.8 Å². The first-order valence-electron chi connectivity index (χ1n) is 8.32. The van der Waals surface area contributed by atoms with Crippen LogP contribution in [0.3, 0.4) is 0 Å². The summed E-state index contributed by atoms with van der Waals surface area (Å²) in [5.74, 6) is 0.306. The van der Waals surface area contributed by atoms with Gasteiger partial charge in [-0.2, -0.15) is 0 Å². The molecule has 5 nitrogen and oxygen atoms in total. The van der Waals surface area contributed by atoms with Crippen LogP contribution in [0, 0.1) is 0 Å². The van der Waals surface area contributed by atoms with E-state index in [4.69, 9.17) is 9.47 Å². The summed E-state index contributed by atoms with van der Waals surface area (Å²) in [5.41, 5.74) is 1.59. The van der Waals surface area contributed by atoms with Gasteiger partial charge >= 0.3 is 5.97 Å². The smallest absolute Gasteiger partial charge is 0.342 e. The Morgan fingerprint density at radius 1 is 1.36 bits per heavy atom. The number of carbonyl (C=O) groups excluding carboxylic acids is 1. The topological polar surface area (TPSA) is 51.7 Å². The summed E-state index contributed by atoms with van der Waals surface area (Å²) in [6.45, 7) is 5.57. The van der Waals surface area contributed by atoms with Crippen molar-refractivity contribution in [2.45, 2.75) is 26.1 Å². The second-order valence-corrected chi connectivity index (χ2v) is 7.10. The molecule has 1 aliphatic heterocycles. The summed E-state index contributed by atoms with van der Waals surface area (Å²) < 4.78 is 12.3. The van der Waals surface area contributed by atoms with E-state index in [1.807, 2.05) is 32.0 Å². The first-order chi connectivity index (χ1) is 12.0. The minimum absolute atomic E-state index is 0.0674. The molecule has 6 heteroatoms. The van der Waals surface area contributed by atoms with Crippen molar-refractivity contribution in [1.29, 1.82) is 0 Å². The Kier molecular flexibility index (Phi) is 5.71.